The van der Waals surface area contributed by atoms with Gasteiger partial charge in [0.2, 0.25) is 0 Å². The van der Waals surface area contributed by atoms with Crippen LogP contribution in [0, 0.1) is 11.6 Å². The highest BCUT2D eigenvalue weighted by Crippen LogP contribution is 2.30. The summed E-state index contributed by atoms with van der Waals surface area (Å²) in [5.74, 6) is -0.852. The highest BCUT2D eigenvalue weighted by atomic mass is 79.9. The third-order valence-electron chi connectivity index (χ3n) is 2.19. The molecule has 2 N–H and O–H groups in total. The van der Waals surface area contributed by atoms with Crippen molar-refractivity contribution in [2.24, 2.45) is 0 Å². The molecule has 0 aromatic heterocycles. The minimum absolute atomic E-state index is 0.270. The van der Waals surface area contributed by atoms with Crippen LogP contribution in [0.3, 0.4) is 0 Å². The Balaban J connectivity index is 2.64. The normalized spacial score (nSPS) is 10.4. The van der Waals surface area contributed by atoms with Crippen LogP contribution in [0.15, 0.2) is 40.9 Å². The molecule has 2 aromatic rings. The highest BCUT2D eigenvalue weighted by molar-refractivity contribution is 9.10. The van der Waals surface area contributed by atoms with E-state index in [1.165, 1.54) is 30.3 Å². The first-order valence-electron chi connectivity index (χ1n) is 4.58. The summed E-state index contributed by atoms with van der Waals surface area (Å²) >= 11 is 3.06. The van der Waals surface area contributed by atoms with Crippen LogP contribution in [0.4, 0.5) is 14.5 Å². The summed E-state index contributed by atoms with van der Waals surface area (Å²) in [6.45, 7) is 0. The van der Waals surface area contributed by atoms with Gasteiger partial charge in [0.1, 0.15) is 11.6 Å². The van der Waals surface area contributed by atoms with Gasteiger partial charge in [0.25, 0.3) is 0 Å². The number of anilines is 1. The van der Waals surface area contributed by atoms with Crippen molar-refractivity contribution in [1.82, 2.24) is 0 Å². The van der Waals surface area contributed by atoms with Crippen molar-refractivity contribution >= 4 is 21.6 Å². The number of rotatable bonds is 1. The molecule has 0 radical (unpaired) electrons. The summed E-state index contributed by atoms with van der Waals surface area (Å²) in [4.78, 5) is 0. The molecule has 0 amide bonds. The van der Waals surface area contributed by atoms with Crippen LogP contribution in [0.5, 0.6) is 0 Å². The lowest BCUT2D eigenvalue weighted by atomic mass is 10.0. The molecule has 0 saturated heterocycles. The van der Waals surface area contributed by atoms with Crippen molar-refractivity contribution in [2.45, 2.75) is 0 Å². The Labute approximate surface area is 100 Å². The van der Waals surface area contributed by atoms with Gasteiger partial charge in [-0.1, -0.05) is 12.1 Å². The number of nitrogen functional groups attached to an aromatic ring is 1. The molecule has 0 aliphatic heterocycles. The van der Waals surface area contributed by atoms with Gasteiger partial charge in [-0.2, -0.15) is 0 Å². The smallest absolute Gasteiger partial charge is 0.145 e. The van der Waals surface area contributed by atoms with Crippen LogP contribution in [-0.4, -0.2) is 0 Å². The molecule has 0 saturated carbocycles. The summed E-state index contributed by atoms with van der Waals surface area (Å²) in [7, 11) is 0. The minimum Gasteiger partial charge on any atom is -0.399 e. The number of hydrogen-bond donors (Lipinski definition) is 1. The Hall–Kier alpha value is -1.42. The molecule has 0 fully saturated rings. The van der Waals surface area contributed by atoms with Crippen molar-refractivity contribution < 1.29 is 8.78 Å². The van der Waals surface area contributed by atoms with E-state index in [9.17, 15) is 8.78 Å². The van der Waals surface area contributed by atoms with Crippen molar-refractivity contribution in [1.29, 1.82) is 0 Å². The number of nitrogens with two attached hydrogens (primary N) is 1. The summed E-state index contributed by atoms with van der Waals surface area (Å²) in [5.41, 5.74) is 6.78. The van der Waals surface area contributed by atoms with Crippen molar-refractivity contribution in [3.8, 4) is 11.1 Å². The maximum atomic E-state index is 13.8. The van der Waals surface area contributed by atoms with Gasteiger partial charge in [-0.05, 0) is 45.8 Å². The van der Waals surface area contributed by atoms with Crippen molar-refractivity contribution in [3.05, 3.63) is 52.5 Å². The van der Waals surface area contributed by atoms with Crippen LogP contribution in [0.25, 0.3) is 11.1 Å². The molecule has 2 rings (SSSR count). The van der Waals surface area contributed by atoms with Gasteiger partial charge in [0, 0.05) is 11.3 Å². The molecular weight excluding hydrogens is 276 g/mol. The Bertz CT molecular complexity index is 541. The fraction of sp³-hybridized carbons (Fsp3) is 0. The second kappa shape index (κ2) is 4.22. The van der Waals surface area contributed by atoms with E-state index in [0.29, 0.717) is 11.3 Å². The van der Waals surface area contributed by atoms with Gasteiger partial charge in [-0.25, -0.2) is 8.78 Å². The first-order chi connectivity index (χ1) is 7.58. The zero-order chi connectivity index (χ0) is 11.7. The van der Waals surface area contributed by atoms with Crippen molar-refractivity contribution in [2.75, 3.05) is 5.73 Å². The molecule has 4 heteroatoms. The third-order valence-corrected chi connectivity index (χ3v) is 2.76. The minimum atomic E-state index is -0.445. The van der Waals surface area contributed by atoms with Gasteiger partial charge >= 0.3 is 0 Å². The lowest BCUT2D eigenvalue weighted by molar-refractivity contribution is 0.621. The fourth-order valence-electron chi connectivity index (χ4n) is 1.48. The van der Waals surface area contributed by atoms with Gasteiger partial charge in [0.15, 0.2) is 0 Å². The van der Waals surface area contributed by atoms with E-state index in [1.54, 1.807) is 6.07 Å². The topological polar surface area (TPSA) is 26.0 Å². The second-order valence-electron chi connectivity index (χ2n) is 3.37. The largest absolute Gasteiger partial charge is 0.399 e. The Morgan fingerprint density at radius 3 is 2.50 bits per heavy atom. The third kappa shape index (κ3) is 2.07. The van der Waals surface area contributed by atoms with Crippen LogP contribution in [0.1, 0.15) is 0 Å². The van der Waals surface area contributed by atoms with E-state index in [0.717, 1.165) is 0 Å². The van der Waals surface area contributed by atoms with E-state index in [2.05, 4.69) is 15.9 Å². The van der Waals surface area contributed by atoms with Crippen molar-refractivity contribution in [3.63, 3.8) is 0 Å². The van der Waals surface area contributed by atoms with Crippen LogP contribution >= 0.6 is 15.9 Å². The lowest BCUT2D eigenvalue weighted by Gasteiger charge is -2.06. The fourth-order valence-corrected chi connectivity index (χ4v) is 1.95. The molecule has 0 atom stereocenters. The molecule has 2 aromatic carbocycles. The van der Waals surface area contributed by atoms with Crippen LogP contribution in [-0.2, 0) is 0 Å². The molecular formula is C12H8BrF2N. The number of hydrogen-bond acceptors (Lipinski definition) is 1. The molecule has 1 nitrogen and oxygen atoms in total. The molecule has 0 aliphatic carbocycles. The SMILES string of the molecule is Nc1cc(Br)c(F)c(-c2cccc(F)c2)c1. The first kappa shape index (κ1) is 11.1. The summed E-state index contributed by atoms with van der Waals surface area (Å²) < 4.78 is 27.1. The molecule has 0 bridgehead atoms. The van der Waals surface area contributed by atoms with E-state index in [-0.39, 0.29) is 10.0 Å². The standard InChI is InChI=1S/C12H8BrF2N/c13-11-6-9(16)5-10(12(11)15)7-2-1-3-8(14)4-7/h1-6H,16H2. The molecule has 0 spiro atoms. The quantitative estimate of drug-likeness (QED) is 0.788. The second-order valence-corrected chi connectivity index (χ2v) is 4.23. The highest BCUT2D eigenvalue weighted by Gasteiger charge is 2.10. The molecule has 16 heavy (non-hydrogen) atoms. The van der Waals surface area contributed by atoms with Crippen LogP contribution in [0.2, 0.25) is 0 Å². The maximum Gasteiger partial charge on any atom is 0.145 e. The lowest BCUT2D eigenvalue weighted by Crippen LogP contribution is -1.92. The number of halogens is 3. The molecule has 0 aliphatic rings. The van der Waals surface area contributed by atoms with E-state index in [1.807, 2.05) is 0 Å². The zero-order valence-electron chi connectivity index (χ0n) is 8.18. The van der Waals surface area contributed by atoms with Gasteiger partial charge in [0.05, 0.1) is 4.47 Å². The Morgan fingerprint density at radius 1 is 1.06 bits per heavy atom. The predicted octanol–water partition coefficient (Wildman–Crippen LogP) is 3.98. The van der Waals surface area contributed by atoms with Gasteiger partial charge < -0.3 is 5.73 Å². The number of benzene rings is 2. The van der Waals surface area contributed by atoms with E-state index >= 15 is 0 Å². The average molecular weight is 284 g/mol. The predicted molar refractivity (Wildman–Crippen MR) is 63.9 cm³/mol. The average Bonchev–Trinajstić information content (AvgIpc) is 2.23. The van der Waals surface area contributed by atoms with E-state index < -0.39 is 11.6 Å². The molecule has 82 valence electrons. The first-order valence-corrected chi connectivity index (χ1v) is 5.37. The van der Waals surface area contributed by atoms with E-state index in [4.69, 9.17) is 5.73 Å². The maximum absolute atomic E-state index is 13.8. The summed E-state index contributed by atoms with van der Waals surface area (Å²) in [6, 6.07) is 8.69. The molecule has 0 unspecified atom stereocenters. The zero-order valence-corrected chi connectivity index (χ0v) is 9.76. The van der Waals surface area contributed by atoms with Gasteiger partial charge in [-0.15, -0.1) is 0 Å². The monoisotopic (exact) mass is 283 g/mol. The Kier molecular flexibility index (Phi) is 2.92. The molecule has 0 heterocycles. The Morgan fingerprint density at radius 2 is 1.81 bits per heavy atom. The summed E-state index contributed by atoms with van der Waals surface area (Å²) in [6.07, 6.45) is 0. The summed E-state index contributed by atoms with van der Waals surface area (Å²) in [5, 5.41) is 0. The van der Waals surface area contributed by atoms with Crippen LogP contribution < -0.4 is 5.73 Å². The van der Waals surface area contributed by atoms with Gasteiger partial charge in [-0.3, -0.25) is 0 Å².